The molecule has 0 bridgehead atoms. The minimum Gasteiger partial charge on any atom is -0.493 e. The Labute approximate surface area is 121 Å². The number of aromatic amines is 1. The summed E-state index contributed by atoms with van der Waals surface area (Å²) < 4.78 is 10.2. The van der Waals surface area contributed by atoms with Gasteiger partial charge in [-0.1, -0.05) is 0 Å². The van der Waals surface area contributed by atoms with Crippen molar-refractivity contribution in [2.24, 2.45) is 0 Å². The highest BCUT2D eigenvalue weighted by atomic mass is 16.5. The topological polar surface area (TPSA) is 76.2 Å². The smallest absolute Gasteiger partial charge is 0.411 e. The molecule has 21 heavy (non-hydrogen) atoms. The summed E-state index contributed by atoms with van der Waals surface area (Å²) in [6.07, 6.45) is 5.78. The van der Waals surface area contributed by atoms with E-state index in [1.807, 2.05) is 24.4 Å². The van der Waals surface area contributed by atoms with Gasteiger partial charge in [0.1, 0.15) is 5.75 Å². The van der Waals surface area contributed by atoms with Crippen molar-refractivity contribution < 1.29 is 14.3 Å². The molecule has 0 radical (unpaired) electrons. The van der Waals surface area contributed by atoms with E-state index in [9.17, 15) is 4.79 Å². The van der Waals surface area contributed by atoms with Gasteiger partial charge in [0.05, 0.1) is 25.7 Å². The van der Waals surface area contributed by atoms with Crippen molar-refractivity contribution in [3.63, 3.8) is 0 Å². The van der Waals surface area contributed by atoms with Gasteiger partial charge in [0.2, 0.25) is 0 Å². The fraction of sp³-hybridized carbons (Fsp3) is 0.200. The van der Waals surface area contributed by atoms with Crippen LogP contribution >= 0.6 is 0 Å². The Morgan fingerprint density at radius 3 is 3.19 bits per heavy atom. The summed E-state index contributed by atoms with van der Waals surface area (Å²) in [6, 6.07) is 5.51. The van der Waals surface area contributed by atoms with Crippen LogP contribution in [-0.4, -0.2) is 29.8 Å². The summed E-state index contributed by atoms with van der Waals surface area (Å²) in [5.41, 5.74) is 3.61. The average molecular weight is 285 g/mol. The lowest BCUT2D eigenvalue weighted by atomic mass is 9.98. The van der Waals surface area contributed by atoms with Gasteiger partial charge in [0, 0.05) is 23.9 Å². The van der Waals surface area contributed by atoms with Crippen LogP contribution < -0.4 is 10.1 Å². The number of imidazole rings is 1. The maximum atomic E-state index is 11.3. The molecule has 1 aromatic carbocycles. The van der Waals surface area contributed by atoms with Crippen LogP contribution in [0.5, 0.6) is 5.75 Å². The molecule has 1 amide bonds. The van der Waals surface area contributed by atoms with Gasteiger partial charge in [0.25, 0.3) is 0 Å². The molecular weight excluding hydrogens is 270 g/mol. The van der Waals surface area contributed by atoms with Crippen molar-refractivity contribution in [2.45, 2.75) is 6.42 Å². The third-order valence-electron chi connectivity index (χ3n) is 3.23. The number of aromatic nitrogens is 2. The second-order valence-electron chi connectivity index (χ2n) is 4.59. The van der Waals surface area contributed by atoms with Crippen molar-refractivity contribution in [1.82, 2.24) is 9.97 Å². The molecule has 0 unspecified atom stereocenters. The molecule has 0 fully saturated rings. The van der Waals surface area contributed by atoms with Gasteiger partial charge in [-0.2, -0.15) is 0 Å². The fourth-order valence-corrected chi connectivity index (χ4v) is 2.24. The minimum atomic E-state index is -0.496. The number of ether oxygens (including phenoxy) is 2. The summed E-state index contributed by atoms with van der Waals surface area (Å²) in [5.74, 6) is 0.804. The van der Waals surface area contributed by atoms with Crippen molar-refractivity contribution in [3.05, 3.63) is 42.0 Å². The van der Waals surface area contributed by atoms with E-state index in [0.29, 0.717) is 12.3 Å². The van der Waals surface area contributed by atoms with Crippen molar-refractivity contribution in [1.29, 1.82) is 0 Å². The molecule has 2 heterocycles. The van der Waals surface area contributed by atoms with Gasteiger partial charge >= 0.3 is 6.09 Å². The van der Waals surface area contributed by atoms with Crippen LogP contribution in [0.4, 0.5) is 10.5 Å². The molecule has 1 aliphatic rings. The van der Waals surface area contributed by atoms with Crippen LogP contribution in [0.3, 0.4) is 0 Å². The molecule has 3 rings (SSSR count). The maximum Gasteiger partial charge on any atom is 0.411 e. The molecular formula is C15H15N3O3. The first-order chi connectivity index (χ1) is 10.3. The zero-order valence-electron chi connectivity index (χ0n) is 11.6. The Kier molecular flexibility index (Phi) is 3.59. The lowest BCUT2D eigenvalue weighted by molar-refractivity contribution is 0.187. The number of hydrogen-bond donors (Lipinski definition) is 2. The molecule has 0 atom stereocenters. The highest BCUT2D eigenvalue weighted by Gasteiger charge is 2.16. The van der Waals surface area contributed by atoms with E-state index in [4.69, 9.17) is 4.74 Å². The summed E-state index contributed by atoms with van der Waals surface area (Å²) >= 11 is 0. The summed E-state index contributed by atoms with van der Waals surface area (Å²) in [6.45, 7) is 0.632. The molecule has 108 valence electrons. The van der Waals surface area contributed by atoms with Crippen molar-refractivity contribution in [3.8, 4) is 5.75 Å². The van der Waals surface area contributed by atoms with Crippen molar-refractivity contribution >= 4 is 23.4 Å². The monoisotopic (exact) mass is 285 g/mol. The highest BCUT2D eigenvalue weighted by molar-refractivity contribution is 5.89. The molecule has 6 heteroatoms. The number of nitrogens with one attached hydrogen (secondary N) is 2. The molecule has 6 nitrogen and oxygen atoms in total. The van der Waals surface area contributed by atoms with E-state index in [1.54, 1.807) is 12.4 Å². The quantitative estimate of drug-likeness (QED) is 0.889. The Bertz CT molecular complexity index is 677. The van der Waals surface area contributed by atoms with Gasteiger partial charge in [-0.15, -0.1) is 0 Å². The average Bonchev–Trinajstić information content (AvgIpc) is 3.01. The lowest BCUT2D eigenvalue weighted by Gasteiger charge is -2.21. The number of hydrogen-bond acceptors (Lipinski definition) is 4. The fourth-order valence-electron chi connectivity index (χ4n) is 2.24. The molecule has 2 N–H and O–H groups in total. The highest BCUT2D eigenvalue weighted by Crippen LogP contribution is 2.35. The van der Waals surface area contributed by atoms with Crippen LogP contribution in [0.1, 0.15) is 17.7 Å². The number of fused-ring (bicyclic) bond motifs is 1. The van der Waals surface area contributed by atoms with E-state index in [2.05, 4.69) is 20.0 Å². The Hall–Kier alpha value is -2.76. The maximum absolute atomic E-state index is 11.3. The summed E-state index contributed by atoms with van der Waals surface area (Å²) in [5, 5.41) is 2.66. The Morgan fingerprint density at radius 2 is 2.43 bits per heavy atom. The second kappa shape index (κ2) is 5.70. The van der Waals surface area contributed by atoms with E-state index >= 15 is 0 Å². The number of methoxy groups -OCH3 is 1. The van der Waals surface area contributed by atoms with E-state index in [1.165, 1.54) is 7.11 Å². The second-order valence-corrected chi connectivity index (χ2v) is 4.59. The normalized spacial score (nSPS) is 15.2. The number of H-pyrrole nitrogens is 1. The van der Waals surface area contributed by atoms with Crippen LogP contribution in [0.15, 0.2) is 30.7 Å². The third kappa shape index (κ3) is 2.89. The number of carbonyl (C=O) groups excluding carboxylic acids is 1. The van der Waals surface area contributed by atoms with Crippen LogP contribution in [0, 0.1) is 0 Å². The molecule has 0 saturated heterocycles. The largest absolute Gasteiger partial charge is 0.493 e. The molecule has 1 aromatic heterocycles. The predicted molar refractivity (Wildman–Crippen MR) is 79.0 cm³/mol. The number of nitrogens with zero attached hydrogens (tertiary/aromatic N) is 1. The minimum absolute atomic E-state index is 0.496. The van der Waals surface area contributed by atoms with Gasteiger partial charge in [-0.3, -0.25) is 5.32 Å². The molecule has 0 aliphatic carbocycles. The predicted octanol–water partition coefficient (Wildman–Crippen LogP) is 2.91. The van der Waals surface area contributed by atoms with Crippen LogP contribution in [0.25, 0.3) is 11.6 Å². The molecule has 1 aliphatic heterocycles. The van der Waals surface area contributed by atoms with Gasteiger partial charge < -0.3 is 14.5 Å². The van der Waals surface area contributed by atoms with Gasteiger partial charge in [-0.25, -0.2) is 9.78 Å². The first-order valence-electron chi connectivity index (χ1n) is 6.58. The van der Waals surface area contributed by atoms with Crippen LogP contribution in [0.2, 0.25) is 0 Å². The standard InChI is InChI=1S/C15H15N3O3/c1-20-15(19)18-11-2-3-14-13(7-11)10(4-5-21-14)6-12-8-16-9-17-12/h2-3,6-9H,4-5H2,1H3,(H,16,17)(H,18,19)/b10-6+. The van der Waals surface area contributed by atoms with E-state index < -0.39 is 6.09 Å². The SMILES string of the molecule is COC(=O)Nc1ccc2c(c1)/C(=C/c1c[nH]cn1)CCO2. The zero-order chi connectivity index (χ0) is 14.7. The third-order valence-corrected chi connectivity index (χ3v) is 3.23. The van der Waals surface area contributed by atoms with E-state index in [-0.39, 0.29) is 0 Å². The lowest BCUT2D eigenvalue weighted by Crippen LogP contribution is -2.12. The molecule has 0 spiro atoms. The number of amides is 1. The van der Waals surface area contributed by atoms with Crippen LogP contribution in [-0.2, 0) is 4.74 Å². The molecule has 0 saturated carbocycles. The zero-order valence-corrected chi connectivity index (χ0v) is 11.6. The van der Waals surface area contributed by atoms with Crippen molar-refractivity contribution in [2.75, 3.05) is 19.0 Å². The number of benzene rings is 1. The first-order valence-corrected chi connectivity index (χ1v) is 6.58. The Morgan fingerprint density at radius 1 is 1.52 bits per heavy atom. The number of rotatable bonds is 2. The van der Waals surface area contributed by atoms with Gasteiger partial charge in [-0.05, 0) is 29.8 Å². The number of anilines is 1. The molecule has 2 aromatic rings. The van der Waals surface area contributed by atoms with Gasteiger partial charge in [0.15, 0.2) is 0 Å². The summed E-state index contributed by atoms with van der Waals surface area (Å²) in [7, 11) is 1.33. The first kappa shape index (κ1) is 13.2. The summed E-state index contributed by atoms with van der Waals surface area (Å²) in [4.78, 5) is 18.4. The number of carbonyl (C=O) groups is 1. The van der Waals surface area contributed by atoms with E-state index in [0.717, 1.165) is 29.0 Å². The Balaban J connectivity index is 1.95.